The van der Waals surface area contributed by atoms with E-state index in [4.69, 9.17) is 4.74 Å². The molecule has 1 aromatic rings. The molecule has 1 aromatic carbocycles. The van der Waals surface area contributed by atoms with Gasteiger partial charge in [0.15, 0.2) is 0 Å². The van der Waals surface area contributed by atoms with Gasteiger partial charge in [-0.1, -0.05) is 17.7 Å². The molecular weight excluding hydrogens is 302 g/mol. The Morgan fingerprint density at radius 1 is 1.14 bits per heavy atom. The Bertz CT molecular complexity index is 649. The Morgan fingerprint density at radius 2 is 1.59 bits per heavy atom. The van der Waals surface area contributed by atoms with Crippen molar-refractivity contribution in [3.63, 3.8) is 0 Å². The quantitative estimate of drug-likeness (QED) is 0.797. The third-order valence-corrected chi connectivity index (χ3v) is 5.15. The summed E-state index contributed by atoms with van der Waals surface area (Å²) in [7, 11) is -2.35. The molecule has 0 amide bonds. The van der Waals surface area contributed by atoms with Gasteiger partial charge in [-0.25, -0.2) is 8.42 Å². The molecule has 5 nitrogen and oxygen atoms in total. The van der Waals surface area contributed by atoms with E-state index in [1.165, 1.54) is 7.05 Å². The van der Waals surface area contributed by atoms with Crippen LogP contribution in [0.2, 0.25) is 0 Å². The van der Waals surface area contributed by atoms with Gasteiger partial charge in [0.05, 0.1) is 4.90 Å². The summed E-state index contributed by atoms with van der Waals surface area (Å²) in [5, 5.41) is 0. The second kappa shape index (κ2) is 6.38. The van der Waals surface area contributed by atoms with Crippen molar-refractivity contribution in [3.05, 3.63) is 28.8 Å². The van der Waals surface area contributed by atoms with Crippen molar-refractivity contribution >= 4 is 16.0 Å². The standard InChI is InChI=1S/C16H25NO4S/c1-11-8-12(2)15(13(3)9-11)22(19,20)17(7)10-14(18)21-16(4,5)6/h8-9H,10H2,1-7H3. The number of ether oxygens (including phenoxy) is 1. The van der Waals surface area contributed by atoms with Crippen molar-refractivity contribution < 1.29 is 17.9 Å². The lowest BCUT2D eigenvalue weighted by atomic mass is 10.1. The van der Waals surface area contributed by atoms with Crippen LogP contribution in [-0.2, 0) is 19.6 Å². The lowest BCUT2D eigenvalue weighted by Gasteiger charge is -2.23. The molecule has 0 unspecified atom stereocenters. The van der Waals surface area contributed by atoms with Crippen LogP contribution >= 0.6 is 0 Å². The van der Waals surface area contributed by atoms with Crippen LogP contribution < -0.4 is 0 Å². The molecule has 6 heteroatoms. The summed E-state index contributed by atoms with van der Waals surface area (Å²) in [5.74, 6) is -0.569. The fraction of sp³-hybridized carbons (Fsp3) is 0.562. The van der Waals surface area contributed by atoms with Gasteiger partial charge in [0.1, 0.15) is 12.1 Å². The fourth-order valence-corrected chi connectivity index (χ4v) is 3.89. The molecular formula is C16H25NO4S. The number of hydrogen-bond acceptors (Lipinski definition) is 4. The highest BCUT2D eigenvalue weighted by Crippen LogP contribution is 2.24. The molecule has 0 saturated heterocycles. The SMILES string of the molecule is Cc1cc(C)c(S(=O)(=O)N(C)CC(=O)OC(C)(C)C)c(C)c1. The number of rotatable bonds is 4. The van der Waals surface area contributed by atoms with Crippen molar-refractivity contribution in [1.82, 2.24) is 4.31 Å². The third kappa shape index (κ3) is 4.55. The number of sulfonamides is 1. The highest BCUT2D eigenvalue weighted by atomic mass is 32.2. The van der Waals surface area contributed by atoms with Gasteiger partial charge in [-0.3, -0.25) is 4.79 Å². The van der Waals surface area contributed by atoms with Gasteiger partial charge in [0.2, 0.25) is 10.0 Å². The molecule has 0 atom stereocenters. The van der Waals surface area contributed by atoms with Crippen molar-refractivity contribution in [1.29, 1.82) is 0 Å². The molecule has 0 heterocycles. The molecule has 0 aliphatic carbocycles. The van der Waals surface area contributed by atoms with Crippen molar-refractivity contribution in [2.24, 2.45) is 0 Å². The lowest BCUT2D eigenvalue weighted by molar-refractivity contribution is -0.154. The lowest BCUT2D eigenvalue weighted by Crippen LogP contribution is -2.36. The highest BCUT2D eigenvalue weighted by Gasteiger charge is 2.28. The van der Waals surface area contributed by atoms with Crippen LogP contribution in [0.15, 0.2) is 17.0 Å². The van der Waals surface area contributed by atoms with Gasteiger partial charge in [-0.2, -0.15) is 4.31 Å². The Morgan fingerprint density at radius 3 is 2.00 bits per heavy atom. The number of likely N-dealkylation sites (N-methyl/N-ethyl adjacent to an activating group) is 1. The minimum absolute atomic E-state index is 0.254. The van der Waals surface area contributed by atoms with E-state index >= 15 is 0 Å². The number of aryl methyl sites for hydroxylation is 3. The van der Waals surface area contributed by atoms with E-state index in [2.05, 4.69) is 0 Å². The number of carbonyl (C=O) groups excluding carboxylic acids is 1. The van der Waals surface area contributed by atoms with E-state index in [0.29, 0.717) is 11.1 Å². The predicted octanol–water partition coefficient (Wildman–Crippen LogP) is 2.57. The van der Waals surface area contributed by atoms with E-state index in [1.54, 1.807) is 34.6 Å². The van der Waals surface area contributed by atoms with Gasteiger partial charge < -0.3 is 4.74 Å². The summed E-state index contributed by atoms with van der Waals surface area (Å²) in [6, 6.07) is 3.64. The molecule has 0 aromatic heterocycles. The fourth-order valence-electron chi connectivity index (χ4n) is 2.37. The second-order valence-electron chi connectivity index (χ2n) is 6.58. The molecule has 0 aliphatic rings. The Balaban J connectivity index is 3.07. The Hall–Kier alpha value is -1.40. The first-order valence-electron chi connectivity index (χ1n) is 7.10. The van der Waals surface area contributed by atoms with Crippen LogP contribution in [0.1, 0.15) is 37.5 Å². The summed E-state index contributed by atoms with van der Waals surface area (Å²) in [5.41, 5.74) is 1.71. The largest absolute Gasteiger partial charge is 0.459 e. The van der Waals surface area contributed by atoms with Crippen LogP contribution in [0.3, 0.4) is 0 Å². The van der Waals surface area contributed by atoms with Gasteiger partial charge in [-0.05, 0) is 52.7 Å². The second-order valence-corrected chi connectivity index (χ2v) is 8.56. The molecule has 0 aliphatic heterocycles. The Kier molecular flexibility index (Phi) is 5.41. The molecule has 124 valence electrons. The number of benzene rings is 1. The zero-order valence-electron chi connectivity index (χ0n) is 14.4. The van der Waals surface area contributed by atoms with Gasteiger partial charge in [0, 0.05) is 7.05 Å². The number of nitrogens with zero attached hydrogens (tertiary/aromatic N) is 1. The topological polar surface area (TPSA) is 63.7 Å². The van der Waals surface area contributed by atoms with E-state index < -0.39 is 21.6 Å². The number of carbonyl (C=O) groups is 1. The maximum Gasteiger partial charge on any atom is 0.321 e. The molecule has 0 N–H and O–H groups in total. The summed E-state index contributed by atoms with van der Waals surface area (Å²) >= 11 is 0. The summed E-state index contributed by atoms with van der Waals surface area (Å²) in [6.07, 6.45) is 0. The van der Waals surface area contributed by atoms with E-state index in [9.17, 15) is 13.2 Å². The third-order valence-electron chi connectivity index (χ3n) is 3.04. The van der Waals surface area contributed by atoms with Crippen LogP contribution in [0.4, 0.5) is 0 Å². The van der Waals surface area contributed by atoms with Gasteiger partial charge in [-0.15, -0.1) is 0 Å². The first kappa shape index (κ1) is 18.6. The maximum absolute atomic E-state index is 12.7. The smallest absolute Gasteiger partial charge is 0.321 e. The van der Waals surface area contributed by atoms with Crippen molar-refractivity contribution in [3.8, 4) is 0 Å². The molecule has 0 saturated carbocycles. The van der Waals surface area contributed by atoms with E-state index in [0.717, 1.165) is 9.87 Å². The van der Waals surface area contributed by atoms with Crippen LogP contribution in [0.5, 0.6) is 0 Å². The van der Waals surface area contributed by atoms with Gasteiger partial charge >= 0.3 is 5.97 Å². The average molecular weight is 327 g/mol. The normalized spacial score (nSPS) is 12.5. The van der Waals surface area contributed by atoms with Crippen molar-refractivity contribution in [2.45, 2.75) is 52.0 Å². The van der Waals surface area contributed by atoms with Crippen LogP contribution in [0, 0.1) is 20.8 Å². The van der Waals surface area contributed by atoms with E-state index in [1.807, 2.05) is 19.1 Å². The Labute approximate surface area is 133 Å². The van der Waals surface area contributed by atoms with Gasteiger partial charge in [0.25, 0.3) is 0 Å². The van der Waals surface area contributed by atoms with E-state index in [-0.39, 0.29) is 11.4 Å². The van der Waals surface area contributed by atoms with Crippen molar-refractivity contribution in [2.75, 3.05) is 13.6 Å². The highest BCUT2D eigenvalue weighted by molar-refractivity contribution is 7.89. The zero-order valence-corrected chi connectivity index (χ0v) is 15.2. The summed E-state index contributed by atoms with van der Waals surface area (Å²) in [6.45, 7) is 10.4. The molecule has 0 bridgehead atoms. The average Bonchev–Trinajstić information content (AvgIpc) is 2.23. The molecule has 0 radical (unpaired) electrons. The maximum atomic E-state index is 12.7. The minimum atomic E-state index is -3.74. The zero-order chi connectivity index (χ0) is 17.3. The first-order valence-corrected chi connectivity index (χ1v) is 8.54. The molecule has 0 fully saturated rings. The molecule has 1 rings (SSSR count). The summed E-state index contributed by atoms with van der Waals surface area (Å²) in [4.78, 5) is 12.1. The predicted molar refractivity (Wildman–Crippen MR) is 86.3 cm³/mol. The van der Waals surface area contributed by atoms with Crippen LogP contribution in [-0.4, -0.2) is 37.9 Å². The number of esters is 1. The molecule has 0 spiro atoms. The number of hydrogen-bond donors (Lipinski definition) is 0. The minimum Gasteiger partial charge on any atom is -0.459 e. The first-order chi connectivity index (χ1) is 9.84. The molecule has 22 heavy (non-hydrogen) atoms. The van der Waals surface area contributed by atoms with Crippen LogP contribution in [0.25, 0.3) is 0 Å². The monoisotopic (exact) mass is 327 g/mol. The summed E-state index contributed by atoms with van der Waals surface area (Å²) < 4.78 is 31.6.